The van der Waals surface area contributed by atoms with Crippen molar-refractivity contribution in [1.29, 1.82) is 0 Å². The van der Waals surface area contributed by atoms with Crippen molar-refractivity contribution in [2.75, 3.05) is 50.7 Å². The molecule has 0 radical (unpaired) electrons. The minimum absolute atomic E-state index is 0.241. The first-order valence-corrected chi connectivity index (χ1v) is 11.5. The molecule has 0 spiro atoms. The lowest BCUT2D eigenvalue weighted by Gasteiger charge is -2.37. The minimum atomic E-state index is 0.241. The fourth-order valence-electron chi connectivity index (χ4n) is 4.32. The molecular formula is C22H26N6OS. The monoisotopic (exact) mass is 422 g/mol. The average Bonchev–Trinajstić information content (AvgIpc) is 3.25. The normalized spacial score (nSPS) is 20.6. The van der Waals surface area contributed by atoms with E-state index in [1.807, 2.05) is 17.0 Å². The van der Waals surface area contributed by atoms with Gasteiger partial charge in [0.05, 0.1) is 21.8 Å². The van der Waals surface area contributed by atoms with E-state index in [0.29, 0.717) is 12.5 Å². The molecule has 8 heteroatoms. The number of benzene rings is 1. The molecule has 2 aromatic heterocycles. The zero-order chi connectivity index (χ0) is 20.3. The number of hydrogen-bond donors (Lipinski definition) is 0. The first kappa shape index (κ1) is 19.4. The van der Waals surface area contributed by atoms with Crippen LogP contribution < -0.4 is 4.90 Å². The number of piperidine rings is 1. The number of nitrogens with zero attached hydrogens (tertiary/aromatic N) is 6. The first-order chi connectivity index (χ1) is 14.8. The highest BCUT2D eigenvalue weighted by molar-refractivity contribution is 7.18. The number of rotatable bonds is 4. The number of likely N-dealkylation sites (tertiary alicyclic amines) is 1. The summed E-state index contributed by atoms with van der Waals surface area (Å²) in [6.45, 7) is 5.57. The number of carbonyl (C=O) groups is 1. The van der Waals surface area contributed by atoms with Crippen molar-refractivity contribution in [1.82, 2.24) is 24.8 Å². The van der Waals surface area contributed by atoms with Crippen molar-refractivity contribution in [3.63, 3.8) is 0 Å². The van der Waals surface area contributed by atoms with Gasteiger partial charge in [0.25, 0.3) is 0 Å². The van der Waals surface area contributed by atoms with Crippen LogP contribution in [0, 0.1) is 0 Å². The molecule has 0 saturated carbocycles. The summed E-state index contributed by atoms with van der Waals surface area (Å²) in [6.07, 6.45) is 5.71. The van der Waals surface area contributed by atoms with E-state index in [-0.39, 0.29) is 5.91 Å². The van der Waals surface area contributed by atoms with Gasteiger partial charge in [0.2, 0.25) is 11.9 Å². The first-order valence-electron chi connectivity index (χ1n) is 10.6. The summed E-state index contributed by atoms with van der Waals surface area (Å²) in [6, 6.07) is 10.1. The molecule has 5 rings (SSSR count). The molecule has 1 aromatic carbocycles. The molecule has 7 nitrogen and oxygen atoms in total. The van der Waals surface area contributed by atoms with Gasteiger partial charge in [0.1, 0.15) is 0 Å². The van der Waals surface area contributed by atoms with Crippen LogP contribution >= 0.6 is 11.3 Å². The minimum Gasteiger partial charge on any atom is -0.341 e. The largest absolute Gasteiger partial charge is 0.341 e. The third-order valence-electron chi connectivity index (χ3n) is 6.00. The Morgan fingerprint density at radius 1 is 1.03 bits per heavy atom. The number of para-hydroxylation sites is 1. The molecule has 3 aromatic rings. The van der Waals surface area contributed by atoms with Crippen LogP contribution in [-0.4, -0.2) is 76.5 Å². The molecule has 1 amide bonds. The van der Waals surface area contributed by atoms with E-state index in [4.69, 9.17) is 4.98 Å². The molecule has 0 aliphatic carbocycles. The van der Waals surface area contributed by atoms with Crippen LogP contribution in [0.25, 0.3) is 10.2 Å². The molecule has 2 saturated heterocycles. The Morgan fingerprint density at radius 3 is 2.63 bits per heavy atom. The summed E-state index contributed by atoms with van der Waals surface area (Å²) in [7, 11) is 0. The van der Waals surface area contributed by atoms with Gasteiger partial charge in [-0.1, -0.05) is 12.1 Å². The third-order valence-corrected chi connectivity index (χ3v) is 7.20. The van der Waals surface area contributed by atoms with E-state index in [1.54, 1.807) is 23.7 Å². The van der Waals surface area contributed by atoms with Gasteiger partial charge < -0.3 is 9.80 Å². The molecule has 0 N–H and O–H groups in total. The third kappa shape index (κ3) is 4.15. The Bertz CT molecular complexity index is 968. The second-order valence-corrected chi connectivity index (χ2v) is 9.07. The smallest absolute Gasteiger partial charge is 0.236 e. The summed E-state index contributed by atoms with van der Waals surface area (Å²) in [4.78, 5) is 33.0. The molecule has 2 fully saturated rings. The fourth-order valence-corrected chi connectivity index (χ4v) is 5.41. The zero-order valence-electron chi connectivity index (χ0n) is 17.0. The van der Waals surface area contributed by atoms with Crippen LogP contribution in [0.4, 0.5) is 5.95 Å². The van der Waals surface area contributed by atoms with Gasteiger partial charge in [-0.2, -0.15) is 0 Å². The molecule has 4 heterocycles. The molecule has 30 heavy (non-hydrogen) atoms. The second kappa shape index (κ2) is 8.65. The van der Waals surface area contributed by atoms with E-state index in [9.17, 15) is 4.79 Å². The van der Waals surface area contributed by atoms with E-state index in [0.717, 1.165) is 63.6 Å². The molecule has 156 valence electrons. The van der Waals surface area contributed by atoms with Gasteiger partial charge in [0, 0.05) is 57.6 Å². The molecule has 0 bridgehead atoms. The number of thiazole rings is 1. The summed E-state index contributed by atoms with van der Waals surface area (Å²) in [5.74, 6) is 1.37. The van der Waals surface area contributed by atoms with Gasteiger partial charge in [-0.05, 0) is 31.0 Å². The number of amides is 1. The standard InChI is InChI=1S/C22H26N6OS/c29-20(16-26-11-13-27(14-12-26)22-23-8-4-9-24-22)28-10-3-5-17(15-28)21-25-18-6-1-2-7-19(18)30-21/h1-2,4,6-9,17H,3,5,10-16H2/t17-/m1/s1. The highest BCUT2D eigenvalue weighted by atomic mass is 32.1. The van der Waals surface area contributed by atoms with Crippen LogP contribution in [-0.2, 0) is 4.79 Å². The van der Waals surface area contributed by atoms with E-state index in [1.165, 1.54) is 9.71 Å². The number of fused-ring (bicyclic) bond motifs is 1. The Kier molecular flexibility index (Phi) is 5.59. The fraction of sp³-hybridized carbons (Fsp3) is 0.455. The van der Waals surface area contributed by atoms with Crippen LogP contribution in [0.5, 0.6) is 0 Å². The topological polar surface area (TPSA) is 65.5 Å². The van der Waals surface area contributed by atoms with Crippen molar-refractivity contribution >= 4 is 33.4 Å². The second-order valence-electron chi connectivity index (χ2n) is 8.01. The Hall–Kier alpha value is -2.58. The summed E-state index contributed by atoms with van der Waals surface area (Å²) < 4.78 is 1.23. The van der Waals surface area contributed by atoms with Gasteiger partial charge in [-0.3, -0.25) is 9.69 Å². The number of aromatic nitrogens is 3. The Labute approximate surface area is 180 Å². The summed E-state index contributed by atoms with van der Waals surface area (Å²) in [5.41, 5.74) is 1.07. The maximum atomic E-state index is 13.0. The van der Waals surface area contributed by atoms with Crippen LogP contribution in [0.2, 0.25) is 0 Å². The van der Waals surface area contributed by atoms with Gasteiger partial charge >= 0.3 is 0 Å². The molecule has 2 aliphatic heterocycles. The maximum absolute atomic E-state index is 13.0. The van der Waals surface area contributed by atoms with Gasteiger partial charge in [-0.15, -0.1) is 11.3 Å². The summed E-state index contributed by atoms with van der Waals surface area (Å²) >= 11 is 1.77. The van der Waals surface area contributed by atoms with Crippen LogP contribution in [0.1, 0.15) is 23.8 Å². The molecule has 2 aliphatic rings. The van der Waals surface area contributed by atoms with Gasteiger partial charge in [0.15, 0.2) is 0 Å². The number of carbonyl (C=O) groups excluding carboxylic acids is 1. The lowest BCUT2D eigenvalue weighted by molar-refractivity contribution is -0.133. The van der Waals surface area contributed by atoms with Crippen LogP contribution in [0.3, 0.4) is 0 Å². The van der Waals surface area contributed by atoms with E-state index in [2.05, 4.69) is 38.0 Å². The Morgan fingerprint density at radius 2 is 1.83 bits per heavy atom. The SMILES string of the molecule is O=C(CN1CCN(c2ncccn2)CC1)N1CCC[C@@H](c2nc3ccccc3s2)C1. The van der Waals surface area contributed by atoms with Crippen molar-refractivity contribution in [2.24, 2.45) is 0 Å². The van der Waals surface area contributed by atoms with Crippen molar-refractivity contribution in [3.8, 4) is 0 Å². The number of anilines is 1. The van der Waals surface area contributed by atoms with Crippen molar-refractivity contribution in [2.45, 2.75) is 18.8 Å². The van der Waals surface area contributed by atoms with Gasteiger partial charge in [-0.25, -0.2) is 15.0 Å². The molecular weight excluding hydrogens is 396 g/mol. The van der Waals surface area contributed by atoms with Crippen molar-refractivity contribution in [3.05, 3.63) is 47.7 Å². The van der Waals surface area contributed by atoms with E-state index >= 15 is 0 Å². The number of hydrogen-bond acceptors (Lipinski definition) is 7. The lowest BCUT2D eigenvalue weighted by Crippen LogP contribution is -2.51. The van der Waals surface area contributed by atoms with Crippen LogP contribution in [0.15, 0.2) is 42.7 Å². The predicted octanol–water partition coefficient (Wildman–Crippen LogP) is 2.61. The van der Waals surface area contributed by atoms with E-state index < -0.39 is 0 Å². The maximum Gasteiger partial charge on any atom is 0.236 e. The molecule has 0 unspecified atom stereocenters. The zero-order valence-corrected chi connectivity index (χ0v) is 17.8. The average molecular weight is 423 g/mol. The molecule has 1 atom stereocenters. The highest BCUT2D eigenvalue weighted by Gasteiger charge is 2.28. The summed E-state index contributed by atoms with van der Waals surface area (Å²) in [5, 5.41) is 1.17. The van der Waals surface area contributed by atoms with Crippen molar-refractivity contribution < 1.29 is 4.79 Å². The highest BCUT2D eigenvalue weighted by Crippen LogP contribution is 2.33. The lowest BCUT2D eigenvalue weighted by atomic mass is 9.98. The number of piperazine rings is 1. The quantitative estimate of drug-likeness (QED) is 0.644. The predicted molar refractivity (Wildman–Crippen MR) is 119 cm³/mol. The Balaban J connectivity index is 1.16.